The van der Waals surface area contributed by atoms with Gasteiger partial charge in [0.05, 0.1) is 6.04 Å². The van der Waals surface area contributed by atoms with Gasteiger partial charge >= 0.3 is 0 Å². The predicted octanol–water partition coefficient (Wildman–Crippen LogP) is 3.46. The number of benzene rings is 1. The van der Waals surface area contributed by atoms with Gasteiger partial charge in [-0.2, -0.15) is 0 Å². The monoisotopic (exact) mass is 320 g/mol. The highest BCUT2D eigenvalue weighted by molar-refractivity contribution is 5.88. The minimum atomic E-state index is 0.0467. The maximum atomic E-state index is 13.0. The Morgan fingerprint density at radius 1 is 1.08 bits per heavy atom. The third-order valence-corrected chi connectivity index (χ3v) is 5.70. The van der Waals surface area contributed by atoms with E-state index in [-0.39, 0.29) is 17.9 Å². The predicted molar refractivity (Wildman–Crippen MR) is 94.8 cm³/mol. The number of aryl methyl sites for hydroxylation is 1. The van der Waals surface area contributed by atoms with Gasteiger partial charge in [0, 0.05) is 24.2 Å². The lowest BCUT2D eigenvalue weighted by Crippen LogP contribution is -2.57. The van der Waals surface area contributed by atoms with Crippen LogP contribution in [0.25, 0.3) is 0 Å². The van der Waals surface area contributed by atoms with E-state index in [4.69, 9.17) is 0 Å². The molecule has 4 heterocycles. The normalized spacial score (nSPS) is 27.2. The number of hydrogen-bond donors (Lipinski definition) is 0. The summed E-state index contributed by atoms with van der Waals surface area (Å²) in [7, 11) is 0. The van der Waals surface area contributed by atoms with Crippen molar-refractivity contribution in [3.63, 3.8) is 0 Å². The zero-order chi connectivity index (χ0) is 16.4. The van der Waals surface area contributed by atoms with E-state index >= 15 is 0 Å². The molecule has 3 aliphatic heterocycles. The summed E-state index contributed by atoms with van der Waals surface area (Å²) in [5, 5.41) is 0. The average molecular weight is 320 g/mol. The summed E-state index contributed by atoms with van der Waals surface area (Å²) in [5.41, 5.74) is 2.55. The number of pyridine rings is 1. The molecule has 0 spiro atoms. The Bertz CT molecular complexity index is 677. The molecule has 2 unspecified atom stereocenters. The molecular weight excluding hydrogens is 296 g/mol. The van der Waals surface area contributed by atoms with Crippen LogP contribution in [0.2, 0.25) is 0 Å². The summed E-state index contributed by atoms with van der Waals surface area (Å²) >= 11 is 0. The first kappa shape index (κ1) is 15.5. The molecule has 3 saturated heterocycles. The maximum absolute atomic E-state index is 13.0. The van der Waals surface area contributed by atoms with Crippen LogP contribution in [0.3, 0.4) is 0 Å². The van der Waals surface area contributed by atoms with Gasteiger partial charge in [-0.3, -0.25) is 14.7 Å². The highest BCUT2D eigenvalue weighted by Crippen LogP contribution is 2.38. The number of rotatable bonds is 5. The highest BCUT2D eigenvalue weighted by Gasteiger charge is 2.44. The standard InChI is InChI=1S/C21H24N2O/c24-21-17-10-13-23(14-11-17)20(21)19(18-7-4-12-22-15-18)9-8-16-5-2-1-3-6-16/h1-7,12,15,17,19-20H,8-11,13-14H2. The minimum absolute atomic E-state index is 0.0467. The van der Waals surface area contributed by atoms with Crippen LogP contribution >= 0.6 is 0 Å². The number of carbonyl (C=O) groups excluding carboxylic acids is 1. The maximum Gasteiger partial charge on any atom is 0.153 e. The third kappa shape index (κ3) is 3.01. The van der Waals surface area contributed by atoms with E-state index < -0.39 is 0 Å². The van der Waals surface area contributed by atoms with Crippen molar-refractivity contribution in [2.75, 3.05) is 13.1 Å². The Hall–Kier alpha value is -2.00. The van der Waals surface area contributed by atoms with Crippen molar-refractivity contribution in [2.24, 2.45) is 5.92 Å². The van der Waals surface area contributed by atoms with Gasteiger partial charge in [0.25, 0.3) is 0 Å². The molecule has 0 saturated carbocycles. The van der Waals surface area contributed by atoms with Crippen molar-refractivity contribution >= 4 is 5.78 Å². The van der Waals surface area contributed by atoms with Crippen LogP contribution in [-0.2, 0) is 11.2 Å². The number of hydrogen-bond acceptors (Lipinski definition) is 3. The average Bonchev–Trinajstić information content (AvgIpc) is 2.66. The van der Waals surface area contributed by atoms with Gasteiger partial charge in [-0.05, 0) is 56.0 Å². The van der Waals surface area contributed by atoms with Crippen molar-refractivity contribution in [2.45, 2.75) is 37.6 Å². The number of fused-ring (bicyclic) bond motifs is 3. The topological polar surface area (TPSA) is 33.2 Å². The van der Waals surface area contributed by atoms with Gasteiger partial charge < -0.3 is 0 Å². The van der Waals surface area contributed by atoms with Crippen LogP contribution in [0.4, 0.5) is 0 Å². The molecule has 2 atom stereocenters. The minimum Gasteiger partial charge on any atom is -0.298 e. The van der Waals surface area contributed by atoms with E-state index in [0.717, 1.165) is 38.8 Å². The van der Waals surface area contributed by atoms with E-state index in [2.05, 4.69) is 46.3 Å². The summed E-state index contributed by atoms with van der Waals surface area (Å²) in [6.07, 6.45) is 7.86. The second-order valence-electron chi connectivity index (χ2n) is 7.07. The zero-order valence-electron chi connectivity index (χ0n) is 14.0. The Morgan fingerprint density at radius 2 is 1.88 bits per heavy atom. The SMILES string of the molecule is O=C1C2CCN(CC2)C1C(CCc1ccccc1)c1cccnc1. The lowest BCUT2D eigenvalue weighted by atomic mass is 9.74. The van der Waals surface area contributed by atoms with Crippen LogP contribution in [0.15, 0.2) is 54.9 Å². The largest absolute Gasteiger partial charge is 0.298 e. The fourth-order valence-electron chi connectivity index (χ4n) is 4.41. The summed E-state index contributed by atoms with van der Waals surface area (Å²) < 4.78 is 0. The molecule has 2 bridgehead atoms. The molecule has 5 rings (SSSR count). The lowest BCUT2D eigenvalue weighted by Gasteiger charge is -2.47. The number of aromatic nitrogens is 1. The van der Waals surface area contributed by atoms with Gasteiger partial charge in [-0.15, -0.1) is 0 Å². The molecule has 0 N–H and O–H groups in total. The Labute approximate surface area is 143 Å². The van der Waals surface area contributed by atoms with E-state index in [1.54, 1.807) is 0 Å². The van der Waals surface area contributed by atoms with Crippen molar-refractivity contribution in [3.8, 4) is 0 Å². The summed E-state index contributed by atoms with van der Waals surface area (Å²) in [6, 6.07) is 14.8. The molecule has 0 amide bonds. The molecule has 3 aliphatic rings. The zero-order valence-corrected chi connectivity index (χ0v) is 14.0. The fraction of sp³-hybridized carbons (Fsp3) is 0.429. The van der Waals surface area contributed by atoms with Crippen molar-refractivity contribution < 1.29 is 4.79 Å². The Morgan fingerprint density at radius 3 is 2.54 bits per heavy atom. The first-order valence-electron chi connectivity index (χ1n) is 9.04. The van der Waals surface area contributed by atoms with Crippen molar-refractivity contribution in [1.29, 1.82) is 0 Å². The first-order valence-corrected chi connectivity index (χ1v) is 9.04. The van der Waals surface area contributed by atoms with Crippen LogP contribution in [-0.4, -0.2) is 34.8 Å². The molecule has 24 heavy (non-hydrogen) atoms. The Balaban J connectivity index is 1.60. The van der Waals surface area contributed by atoms with Gasteiger partial charge in [-0.25, -0.2) is 0 Å². The summed E-state index contributed by atoms with van der Waals surface area (Å²) in [4.78, 5) is 19.7. The molecule has 1 aromatic heterocycles. The van der Waals surface area contributed by atoms with Crippen LogP contribution in [0.5, 0.6) is 0 Å². The van der Waals surface area contributed by atoms with Crippen LogP contribution < -0.4 is 0 Å². The number of piperidine rings is 3. The third-order valence-electron chi connectivity index (χ3n) is 5.70. The van der Waals surface area contributed by atoms with Crippen LogP contribution in [0, 0.1) is 5.92 Å². The molecular formula is C21H24N2O. The molecule has 3 fully saturated rings. The second-order valence-corrected chi connectivity index (χ2v) is 7.07. The molecule has 2 aromatic rings. The smallest absolute Gasteiger partial charge is 0.153 e. The molecule has 1 aromatic carbocycles. The van der Waals surface area contributed by atoms with E-state index in [0.29, 0.717) is 5.78 Å². The summed E-state index contributed by atoms with van der Waals surface area (Å²) in [6.45, 7) is 2.15. The number of nitrogens with zero attached hydrogens (tertiary/aromatic N) is 2. The molecule has 3 nitrogen and oxygen atoms in total. The highest BCUT2D eigenvalue weighted by atomic mass is 16.1. The molecule has 124 valence electrons. The quantitative estimate of drug-likeness (QED) is 0.846. The van der Waals surface area contributed by atoms with E-state index in [9.17, 15) is 4.79 Å². The lowest BCUT2D eigenvalue weighted by molar-refractivity contribution is -0.138. The van der Waals surface area contributed by atoms with Gasteiger partial charge in [0.15, 0.2) is 5.78 Å². The van der Waals surface area contributed by atoms with Crippen molar-refractivity contribution in [1.82, 2.24) is 9.88 Å². The molecule has 0 radical (unpaired) electrons. The van der Waals surface area contributed by atoms with Crippen LogP contribution in [0.1, 0.15) is 36.3 Å². The van der Waals surface area contributed by atoms with Crippen molar-refractivity contribution in [3.05, 3.63) is 66.0 Å². The van der Waals surface area contributed by atoms with Gasteiger partial charge in [0.1, 0.15) is 0 Å². The Kier molecular flexibility index (Phi) is 4.44. The van der Waals surface area contributed by atoms with E-state index in [1.807, 2.05) is 18.5 Å². The summed E-state index contributed by atoms with van der Waals surface area (Å²) in [5.74, 6) is 1.000. The molecule has 3 heteroatoms. The van der Waals surface area contributed by atoms with Gasteiger partial charge in [-0.1, -0.05) is 36.4 Å². The van der Waals surface area contributed by atoms with Gasteiger partial charge in [0.2, 0.25) is 0 Å². The fourth-order valence-corrected chi connectivity index (χ4v) is 4.41. The molecule has 0 aliphatic carbocycles. The number of Topliss-reactive ketones (excluding diaryl/α,β-unsaturated/α-hetero) is 1. The van der Waals surface area contributed by atoms with E-state index in [1.165, 1.54) is 11.1 Å². The number of carbonyl (C=O) groups is 1. The first-order chi connectivity index (χ1) is 11.8. The number of ketones is 1. The second kappa shape index (κ2) is 6.86.